The Kier molecular flexibility index (Phi) is 6.86. The second kappa shape index (κ2) is 9.42. The molecule has 0 bridgehead atoms. The summed E-state index contributed by atoms with van der Waals surface area (Å²) in [5.41, 5.74) is 5.64. The molecule has 1 amide bonds. The predicted molar refractivity (Wildman–Crippen MR) is 123 cm³/mol. The van der Waals surface area contributed by atoms with Gasteiger partial charge in [-0.3, -0.25) is 24.0 Å². The first-order valence-corrected chi connectivity index (χ1v) is 10.8. The van der Waals surface area contributed by atoms with Gasteiger partial charge in [0.25, 0.3) is 11.5 Å². The highest BCUT2D eigenvalue weighted by Crippen LogP contribution is 2.29. The Morgan fingerprint density at radius 1 is 1.31 bits per heavy atom. The van der Waals surface area contributed by atoms with E-state index in [1.807, 2.05) is 20.8 Å². The Morgan fingerprint density at radius 2 is 2.03 bits per heavy atom. The molecule has 0 atom stereocenters. The smallest absolute Gasteiger partial charge is 0.330 e. The molecule has 0 saturated heterocycles. The second-order valence-electron chi connectivity index (χ2n) is 8.33. The fourth-order valence-corrected chi connectivity index (χ4v) is 3.60. The van der Waals surface area contributed by atoms with Crippen LogP contribution in [0, 0.1) is 18.7 Å². The molecule has 8 nitrogen and oxygen atoms in total. The van der Waals surface area contributed by atoms with Crippen LogP contribution in [-0.4, -0.2) is 22.0 Å². The first-order valence-electron chi connectivity index (χ1n) is 10.8. The van der Waals surface area contributed by atoms with Crippen molar-refractivity contribution in [1.82, 2.24) is 9.55 Å². The van der Waals surface area contributed by atoms with E-state index in [2.05, 4.69) is 4.98 Å². The Labute approximate surface area is 184 Å². The maximum atomic E-state index is 13.7. The van der Waals surface area contributed by atoms with Gasteiger partial charge < -0.3 is 10.2 Å². The minimum absolute atomic E-state index is 0.000496. The summed E-state index contributed by atoms with van der Waals surface area (Å²) in [5, 5.41) is 0.479. The summed E-state index contributed by atoms with van der Waals surface area (Å²) in [7, 11) is 0. The summed E-state index contributed by atoms with van der Waals surface area (Å²) >= 11 is 0. The molecule has 0 radical (unpaired) electrons. The lowest BCUT2D eigenvalue weighted by Crippen LogP contribution is -2.42. The SMILES string of the molecule is CCCCn1c(N)c(N(CCC(C)C)C(=O)c2oc3ccc(F)cc3c2C)c(=O)[nH]c1=O. The van der Waals surface area contributed by atoms with Crippen LogP contribution in [0.25, 0.3) is 11.0 Å². The number of anilines is 2. The van der Waals surface area contributed by atoms with Crippen LogP contribution in [0.1, 0.15) is 56.2 Å². The van der Waals surface area contributed by atoms with E-state index in [9.17, 15) is 18.8 Å². The van der Waals surface area contributed by atoms with Gasteiger partial charge in [0.05, 0.1) is 0 Å². The number of furan rings is 1. The lowest BCUT2D eigenvalue weighted by Gasteiger charge is -2.24. The van der Waals surface area contributed by atoms with Gasteiger partial charge in [-0.05, 0) is 43.9 Å². The average Bonchev–Trinajstić information content (AvgIpc) is 3.05. The maximum Gasteiger partial charge on any atom is 0.330 e. The van der Waals surface area contributed by atoms with Gasteiger partial charge in [0.1, 0.15) is 17.2 Å². The molecule has 1 aromatic carbocycles. The topological polar surface area (TPSA) is 114 Å². The fourth-order valence-electron chi connectivity index (χ4n) is 3.60. The molecule has 2 heterocycles. The van der Waals surface area contributed by atoms with E-state index >= 15 is 0 Å². The quantitative estimate of drug-likeness (QED) is 0.548. The van der Waals surface area contributed by atoms with Crippen LogP contribution in [0.15, 0.2) is 32.2 Å². The van der Waals surface area contributed by atoms with Crippen molar-refractivity contribution < 1.29 is 13.6 Å². The van der Waals surface area contributed by atoms with Crippen molar-refractivity contribution in [3.05, 3.63) is 56.2 Å². The van der Waals surface area contributed by atoms with Gasteiger partial charge in [0.15, 0.2) is 11.4 Å². The van der Waals surface area contributed by atoms with Crippen molar-refractivity contribution in [3.63, 3.8) is 0 Å². The first kappa shape index (κ1) is 23.3. The van der Waals surface area contributed by atoms with E-state index in [0.717, 1.165) is 6.42 Å². The third-order valence-electron chi connectivity index (χ3n) is 5.49. The number of nitrogens with zero attached hydrogens (tertiary/aromatic N) is 2. The zero-order valence-corrected chi connectivity index (χ0v) is 18.8. The van der Waals surface area contributed by atoms with Gasteiger partial charge in [0.2, 0.25) is 0 Å². The standard InChI is InChI=1S/C23H29FN4O4/c1-5-6-10-28-20(25)18(21(29)26-23(28)31)27(11-9-13(2)3)22(30)19-14(4)16-12-15(24)7-8-17(16)32-19/h7-8,12-13H,5-6,9-11,25H2,1-4H3,(H,26,29,31). The van der Waals surface area contributed by atoms with Crippen molar-refractivity contribution in [2.45, 2.75) is 53.5 Å². The van der Waals surface area contributed by atoms with Crippen molar-refractivity contribution in [1.29, 1.82) is 0 Å². The zero-order chi connectivity index (χ0) is 23.6. The zero-order valence-electron chi connectivity index (χ0n) is 18.8. The van der Waals surface area contributed by atoms with Gasteiger partial charge >= 0.3 is 5.69 Å². The maximum absolute atomic E-state index is 13.7. The van der Waals surface area contributed by atoms with E-state index in [-0.39, 0.29) is 29.7 Å². The number of benzene rings is 1. The van der Waals surface area contributed by atoms with E-state index in [1.165, 1.54) is 27.7 Å². The van der Waals surface area contributed by atoms with Crippen molar-refractivity contribution in [2.75, 3.05) is 17.2 Å². The van der Waals surface area contributed by atoms with Gasteiger partial charge in [-0.25, -0.2) is 9.18 Å². The Bertz CT molecular complexity index is 1260. The molecule has 32 heavy (non-hydrogen) atoms. The number of aromatic amines is 1. The number of fused-ring (bicyclic) bond motifs is 1. The molecule has 0 unspecified atom stereocenters. The number of hydrogen-bond donors (Lipinski definition) is 2. The number of halogens is 1. The number of aryl methyl sites for hydroxylation is 1. The normalized spacial score (nSPS) is 11.4. The highest BCUT2D eigenvalue weighted by molar-refractivity contribution is 6.08. The molecule has 0 fully saturated rings. The Hall–Kier alpha value is -3.36. The number of carbonyl (C=O) groups excluding carboxylic acids is 1. The first-order chi connectivity index (χ1) is 15.1. The molecular weight excluding hydrogens is 415 g/mol. The summed E-state index contributed by atoms with van der Waals surface area (Å²) in [6.45, 7) is 8.14. The van der Waals surface area contributed by atoms with Crippen LogP contribution in [-0.2, 0) is 6.54 Å². The van der Waals surface area contributed by atoms with Crippen molar-refractivity contribution in [2.24, 2.45) is 5.92 Å². The number of carbonyl (C=O) groups is 1. The van der Waals surface area contributed by atoms with Crippen LogP contribution in [0.4, 0.5) is 15.9 Å². The summed E-state index contributed by atoms with van der Waals surface area (Å²) in [5.74, 6) is -0.843. The molecule has 3 aromatic rings. The molecule has 0 aliphatic carbocycles. The van der Waals surface area contributed by atoms with E-state index in [1.54, 1.807) is 6.92 Å². The fraction of sp³-hybridized carbons (Fsp3) is 0.435. The van der Waals surface area contributed by atoms with Gasteiger partial charge in [-0.15, -0.1) is 0 Å². The number of H-pyrrole nitrogens is 1. The van der Waals surface area contributed by atoms with Crippen LogP contribution in [0.5, 0.6) is 0 Å². The van der Waals surface area contributed by atoms with Crippen LogP contribution >= 0.6 is 0 Å². The van der Waals surface area contributed by atoms with Crippen molar-refractivity contribution >= 4 is 28.4 Å². The van der Waals surface area contributed by atoms with Crippen LogP contribution in [0.3, 0.4) is 0 Å². The molecule has 3 N–H and O–H groups in total. The summed E-state index contributed by atoms with van der Waals surface area (Å²) < 4.78 is 20.7. The van der Waals surface area contributed by atoms with Gasteiger partial charge in [-0.1, -0.05) is 27.2 Å². The molecule has 0 spiro atoms. The Balaban J connectivity index is 2.16. The van der Waals surface area contributed by atoms with E-state index in [4.69, 9.17) is 10.2 Å². The highest BCUT2D eigenvalue weighted by atomic mass is 19.1. The third kappa shape index (κ3) is 4.46. The Morgan fingerprint density at radius 3 is 2.69 bits per heavy atom. The number of amides is 1. The van der Waals surface area contributed by atoms with E-state index in [0.29, 0.717) is 35.9 Å². The second-order valence-corrected chi connectivity index (χ2v) is 8.33. The molecule has 9 heteroatoms. The predicted octanol–water partition coefficient (Wildman–Crippen LogP) is 3.81. The van der Waals surface area contributed by atoms with E-state index < -0.39 is 23.0 Å². The monoisotopic (exact) mass is 444 g/mol. The number of aromatic nitrogens is 2. The van der Waals surface area contributed by atoms with Gasteiger partial charge in [0, 0.05) is 24.0 Å². The minimum atomic E-state index is -0.739. The largest absolute Gasteiger partial charge is 0.451 e. The number of hydrogen-bond acceptors (Lipinski definition) is 5. The van der Waals surface area contributed by atoms with Crippen LogP contribution < -0.4 is 21.9 Å². The molecule has 3 rings (SSSR count). The summed E-state index contributed by atoms with van der Waals surface area (Å²) in [4.78, 5) is 42.2. The van der Waals surface area contributed by atoms with Crippen molar-refractivity contribution in [3.8, 4) is 0 Å². The lowest BCUT2D eigenvalue weighted by atomic mass is 10.1. The minimum Gasteiger partial charge on any atom is -0.451 e. The molecular formula is C23H29FN4O4. The summed E-state index contributed by atoms with van der Waals surface area (Å²) in [6.07, 6.45) is 2.10. The number of rotatable bonds is 8. The van der Waals surface area contributed by atoms with Gasteiger partial charge in [-0.2, -0.15) is 0 Å². The molecule has 0 saturated carbocycles. The molecule has 0 aliphatic rings. The molecule has 0 aliphatic heterocycles. The summed E-state index contributed by atoms with van der Waals surface area (Å²) in [6, 6.07) is 4.01. The molecule has 172 valence electrons. The number of nitrogen functional groups attached to an aromatic ring is 1. The molecule has 2 aromatic heterocycles. The van der Waals surface area contributed by atoms with Crippen LogP contribution in [0.2, 0.25) is 0 Å². The third-order valence-corrected chi connectivity index (χ3v) is 5.49. The average molecular weight is 445 g/mol. The lowest BCUT2D eigenvalue weighted by molar-refractivity contribution is 0.0960. The highest BCUT2D eigenvalue weighted by Gasteiger charge is 2.29. The number of nitrogens with two attached hydrogens (primary N) is 1. The number of unbranched alkanes of at least 4 members (excludes halogenated alkanes) is 1. The number of nitrogens with one attached hydrogen (secondary N) is 1.